The molecule has 0 saturated carbocycles. The SMILES string of the molecule is CCCc1cc(=O)oc2c(C)c(OC(=O)[C@@H](CC)NS(=O)(=O)c3ccc(C)cc3)ccc12. The van der Waals surface area contributed by atoms with Gasteiger partial charge in [-0.05, 0) is 56.5 Å². The molecule has 3 aromatic rings. The van der Waals surface area contributed by atoms with Crippen LogP contribution in [-0.2, 0) is 21.2 Å². The van der Waals surface area contributed by atoms with Crippen LogP contribution in [0.4, 0.5) is 0 Å². The van der Waals surface area contributed by atoms with Gasteiger partial charge in [-0.3, -0.25) is 0 Å². The molecule has 7 nitrogen and oxygen atoms in total. The lowest BCUT2D eigenvalue weighted by molar-refractivity contribution is -0.136. The van der Waals surface area contributed by atoms with Crippen LogP contribution in [0.15, 0.2) is 56.6 Å². The van der Waals surface area contributed by atoms with E-state index in [1.807, 2.05) is 13.8 Å². The average molecular weight is 458 g/mol. The van der Waals surface area contributed by atoms with E-state index in [0.717, 1.165) is 29.4 Å². The van der Waals surface area contributed by atoms with Crippen molar-refractivity contribution in [3.8, 4) is 5.75 Å². The number of esters is 1. The van der Waals surface area contributed by atoms with E-state index in [2.05, 4.69) is 4.72 Å². The predicted molar refractivity (Wildman–Crippen MR) is 122 cm³/mol. The van der Waals surface area contributed by atoms with Gasteiger partial charge in [0, 0.05) is 17.0 Å². The smallest absolute Gasteiger partial charge is 0.336 e. The molecule has 0 aliphatic carbocycles. The maximum Gasteiger partial charge on any atom is 0.336 e. The van der Waals surface area contributed by atoms with Crippen molar-refractivity contribution in [2.24, 2.45) is 0 Å². The molecule has 0 spiro atoms. The molecule has 1 heterocycles. The van der Waals surface area contributed by atoms with E-state index in [1.54, 1.807) is 38.1 Å². The Kier molecular flexibility index (Phi) is 7.16. The number of carbonyl (C=O) groups is 1. The van der Waals surface area contributed by atoms with Crippen LogP contribution < -0.4 is 15.1 Å². The summed E-state index contributed by atoms with van der Waals surface area (Å²) in [6.07, 6.45) is 1.79. The molecule has 1 aromatic heterocycles. The summed E-state index contributed by atoms with van der Waals surface area (Å²) in [7, 11) is -3.90. The van der Waals surface area contributed by atoms with Crippen molar-refractivity contribution in [1.29, 1.82) is 0 Å². The van der Waals surface area contributed by atoms with Gasteiger partial charge in [0.05, 0.1) is 4.90 Å². The number of hydrogen-bond donors (Lipinski definition) is 1. The summed E-state index contributed by atoms with van der Waals surface area (Å²) in [5.74, 6) is -0.523. The second-order valence-corrected chi connectivity index (χ2v) is 9.44. The summed E-state index contributed by atoms with van der Waals surface area (Å²) < 4.78 is 38.7. The van der Waals surface area contributed by atoms with Crippen molar-refractivity contribution in [3.63, 3.8) is 0 Å². The van der Waals surface area contributed by atoms with Gasteiger partial charge in [-0.15, -0.1) is 0 Å². The summed E-state index contributed by atoms with van der Waals surface area (Å²) in [6, 6.07) is 10.1. The molecule has 0 unspecified atom stereocenters. The van der Waals surface area contributed by atoms with Crippen LogP contribution in [0, 0.1) is 13.8 Å². The van der Waals surface area contributed by atoms with Gasteiger partial charge in [-0.2, -0.15) is 4.72 Å². The van der Waals surface area contributed by atoms with Crippen LogP contribution >= 0.6 is 0 Å². The average Bonchev–Trinajstić information content (AvgIpc) is 2.74. The lowest BCUT2D eigenvalue weighted by Crippen LogP contribution is -2.42. The molecule has 170 valence electrons. The summed E-state index contributed by atoms with van der Waals surface area (Å²) in [5, 5.41) is 0.788. The van der Waals surface area contributed by atoms with Gasteiger partial charge >= 0.3 is 11.6 Å². The van der Waals surface area contributed by atoms with E-state index in [9.17, 15) is 18.0 Å². The van der Waals surface area contributed by atoms with Crippen LogP contribution in [0.2, 0.25) is 0 Å². The Balaban J connectivity index is 1.87. The largest absolute Gasteiger partial charge is 0.425 e. The highest BCUT2D eigenvalue weighted by Crippen LogP contribution is 2.29. The van der Waals surface area contributed by atoms with Crippen LogP contribution in [0.1, 0.15) is 43.4 Å². The third kappa shape index (κ3) is 5.08. The molecule has 3 rings (SSSR count). The first-order chi connectivity index (χ1) is 15.2. The molecule has 0 radical (unpaired) electrons. The third-order valence-electron chi connectivity index (χ3n) is 5.25. The molecule has 0 amide bonds. The number of ether oxygens (including phenoxy) is 1. The van der Waals surface area contributed by atoms with Crippen molar-refractivity contribution >= 4 is 27.0 Å². The normalized spacial score (nSPS) is 12.6. The number of carbonyl (C=O) groups excluding carboxylic acids is 1. The van der Waals surface area contributed by atoms with E-state index in [-0.39, 0.29) is 17.1 Å². The van der Waals surface area contributed by atoms with Gasteiger partial charge in [0.25, 0.3) is 0 Å². The number of nitrogens with one attached hydrogen (secondary N) is 1. The van der Waals surface area contributed by atoms with Crippen molar-refractivity contribution in [2.75, 3.05) is 0 Å². The Labute approximate surface area is 187 Å². The van der Waals surface area contributed by atoms with Crippen molar-refractivity contribution in [1.82, 2.24) is 4.72 Å². The minimum absolute atomic E-state index is 0.0708. The first-order valence-electron chi connectivity index (χ1n) is 10.5. The predicted octanol–water partition coefficient (Wildman–Crippen LogP) is 4.02. The molecule has 2 aromatic carbocycles. The van der Waals surface area contributed by atoms with Crippen LogP contribution in [0.5, 0.6) is 5.75 Å². The van der Waals surface area contributed by atoms with Crippen molar-refractivity contribution in [3.05, 3.63) is 69.6 Å². The molecule has 0 fully saturated rings. The molecule has 0 aliphatic heterocycles. The molecule has 0 saturated heterocycles. The summed E-state index contributed by atoms with van der Waals surface area (Å²) in [4.78, 5) is 24.8. The second-order valence-electron chi connectivity index (χ2n) is 7.72. The molecule has 0 bridgehead atoms. The minimum atomic E-state index is -3.90. The van der Waals surface area contributed by atoms with Crippen LogP contribution in [0.3, 0.4) is 0 Å². The minimum Gasteiger partial charge on any atom is -0.425 e. The molecule has 32 heavy (non-hydrogen) atoms. The summed E-state index contributed by atoms with van der Waals surface area (Å²) >= 11 is 0. The fraction of sp³-hybridized carbons (Fsp3) is 0.333. The Hall–Kier alpha value is -2.97. The Morgan fingerprint density at radius 3 is 2.41 bits per heavy atom. The van der Waals surface area contributed by atoms with Crippen LogP contribution in [0.25, 0.3) is 11.0 Å². The highest BCUT2D eigenvalue weighted by atomic mass is 32.2. The number of sulfonamides is 1. The molecule has 0 aliphatic rings. The zero-order valence-electron chi connectivity index (χ0n) is 18.6. The Morgan fingerprint density at radius 2 is 1.78 bits per heavy atom. The van der Waals surface area contributed by atoms with Crippen LogP contribution in [-0.4, -0.2) is 20.4 Å². The highest BCUT2D eigenvalue weighted by Gasteiger charge is 2.27. The maximum absolute atomic E-state index is 12.8. The van der Waals surface area contributed by atoms with Gasteiger partial charge in [-0.1, -0.05) is 38.0 Å². The number of rotatable bonds is 8. The van der Waals surface area contributed by atoms with E-state index >= 15 is 0 Å². The van der Waals surface area contributed by atoms with Gasteiger partial charge in [0.1, 0.15) is 17.4 Å². The fourth-order valence-corrected chi connectivity index (χ4v) is 4.71. The molecule has 1 N–H and O–H groups in total. The van der Waals surface area contributed by atoms with Crippen molar-refractivity contribution < 1.29 is 22.4 Å². The van der Waals surface area contributed by atoms with E-state index < -0.39 is 27.7 Å². The first-order valence-corrected chi connectivity index (χ1v) is 12.0. The van der Waals surface area contributed by atoms with Gasteiger partial charge in [-0.25, -0.2) is 18.0 Å². The van der Waals surface area contributed by atoms with Gasteiger partial charge < -0.3 is 9.15 Å². The molecule has 1 atom stereocenters. The number of hydrogen-bond acceptors (Lipinski definition) is 6. The maximum atomic E-state index is 12.8. The number of benzene rings is 2. The topological polar surface area (TPSA) is 103 Å². The quantitative estimate of drug-likeness (QED) is 0.311. The lowest BCUT2D eigenvalue weighted by atomic mass is 10.0. The van der Waals surface area contributed by atoms with Gasteiger partial charge in [0.2, 0.25) is 10.0 Å². The monoisotopic (exact) mass is 457 g/mol. The first kappa shape index (κ1) is 23.7. The lowest BCUT2D eigenvalue weighted by Gasteiger charge is -2.17. The zero-order valence-corrected chi connectivity index (χ0v) is 19.4. The van der Waals surface area contributed by atoms with E-state index in [1.165, 1.54) is 18.2 Å². The fourth-order valence-electron chi connectivity index (χ4n) is 3.45. The number of fused-ring (bicyclic) bond motifs is 1. The zero-order chi connectivity index (χ0) is 23.5. The standard InChI is InChI=1S/C24H27NO6S/c1-5-7-17-14-22(26)31-23-16(4)21(13-12-19(17)23)30-24(27)20(6-2)25-32(28,29)18-10-8-15(3)9-11-18/h8-14,20,25H,5-7H2,1-4H3/t20-/m1/s1. The van der Waals surface area contributed by atoms with Gasteiger partial charge in [0.15, 0.2) is 0 Å². The third-order valence-corrected chi connectivity index (χ3v) is 6.74. The molecular formula is C24H27NO6S. The highest BCUT2D eigenvalue weighted by molar-refractivity contribution is 7.89. The Bertz CT molecular complexity index is 1290. The number of aryl methyl sites for hydroxylation is 3. The van der Waals surface area contributed by atoms with E-state index in [4.69, 9.17) is 9.15 Å². The summed E-state index contributed by atoms with van der Waals surface area (Å²) in [5.41, 5.74) is 2.19. The molecular weight excluding hydrogens is 430 g/mol. The molecule has 8 heteroatoms. The van der Waals surface area contributed by atoms with E-state index in [0.29, 0.717) is 11.1 Å². The summed E-state index contributed by atoms with van der Waals surface area (Å²) in [6.45, 7) is 7.26. The Morgan fingerprint density at radius 1 is 1.09 bits per heavy atom. The van der Waals surface area contributed by atoms with Crippen molar-refractivity contribution in [2.45, 2.75) is 57.9 Å². The second kappa shape index (κ2) is 9.67.